The van der Waals surface area contributed by atoms with Crippen molar-refractivity contribution in [3.8, 4) is 0 Å². The van der Waals surface area contributed by atoms with E-state index in [4.69, 9.17) is 16.3 Å². The number of benzene rings is 1. The summed E-state index contributed by atoms with van der Waals surface area (Å²) in [5, 5.41) is 0.277. The Balaban J connectivity index is 2.76. The van der Waals surface area contributed by atoms with Crippen LogP contribution in [-0.2, 0) is 16.0 Å². The van der Waals surface area contributed by atoms with Crippen LogP contribution in [0.4, 0.5) is 4.39 Å². The molecular weight excluding hydrogens is 231 g/mol. The summed E-state index contributed by atoms with van der Waals surface area (Å²) in [5.41, 5.74) is 0.628. The molecule has 1 atom stereocenters. The zero-order valence-corrected chi connectivity index (χ0v) is 10.1. The molecule has 0 N–H and O–H groups in total. The number of methoxy groups -OCH3 is 1. The van der Waals surface area contributed by atoms with Crippen molar-refractivity contribution in [2.24, 2.45) is 0 Å². The average molecular weight is 245 g/mol. The molecule has 1 aromatic carbocycles. The molecule has 2 nitrogen and oxygen atoms in total. The molecule has 0 bridgehead atoms. The Morgan fingerprint density at radius 2 is 2.25 bits per heavy atom. The number of hydrogen-bond acceptors (Lipinski definition) is 2. The molecule has 1 rings (SSSR count). The fourth-order valence-corrected chi connectivity index (χ4v) is 1.73. The molecule has 0 spiro atoms. The summed E-state index contributed by atoms with van der Waals surface area (Å²) in [4.78, 5) is 11.7. The summed E-state index contributed by atoms with van der Waals surface area (Å²) in [6, 6.07) is 4.03. The summed E-state index contributed by atoms with van der Waals surface area (Å²) < 4.78 is 17.8. The molecule has 0 heterocycles. The summed E-state index contributed by atoms with van der Waals surface area (Å²) in [6.45, 7) is 1.87. The molecule has 1 aromatic rings. The normalized spacial score (nSPS) is 12.5. The monoisotopic (exact) mass is 244 g/mol. The molecule has 16 heavy (non-hydrogen) atoms. The highest BCUT2D eigenvalue weighted by Gasteiger charge is 2.17. The van der Waals surface area contributed by atoms with Crippen molar-refractivity contribution in [2.45, 2.75) is 25.9 Å². The average Bonchev–Trinajstić information content (AvgIpc) is 2.24. The van der Waals surface area contributed by atoms with Gasteiger partial charge < -0.3 is 4.74 Å². The SMILES string of the molecule is CCC(OC)C(=O)Cc1ccc(F)cc1Cl. The van der Waals surface area contributed by atoms with Crippen LogP contribution in [0.5, 0.6) is 0 Å². The first-order valence-electron chi connectivity index (χ1n) is 5.08. The third kappa shape index (κ3) is 3.29. The second kappa shape index (κ2) is 5.97. The van der Waals surface area contributed by atoms with Crippen LogP contribution in [0.3, 0.4) is 0 Å². The second-order valence-corrected chi connectivity index (χ2v) is 3.92. The van der Waals surface area contributed by atoms with Crippen LogP contribution in [0.25, 0.3) is 0 Å². The minimum absolute atomic E-state index is 0.0430. The largest absolute Gasteiger partial charge is 0.374 e. The van der Waals surface area contributed by atoms with Crippen molar-refractivity contribution in [1.82, 2.24) is 0 Å². The van der Waals surface area contributed by atoms with E-state index in [1.54, 1.807) is 0 Å². The van der Waals surface area contributed by atoms with Gasteiger partial charge in [-0.1, -0.05) is 24.6 Å². The Bertz CT molecular complexity index is 375. The van der Waals surface area contributed by atoms with Gasteiger partial charge in [0.25, 0.3) is 0 Å². The van der Waals surface area contributed by atoms with E-state index in [1.165, 1.54) is 25.3 Å². The van der Waals surface area contributed by atoms with Gasteiger partial charge in [-0.05, 0) is 24.1 Å². The molecule has 0 aromatic heterocycles. The predicted octanol–water partition coefficient (Wildman–Crippen LogP) is 3.02. The molecule has 0 aliphatic carbocycles. The fourth-order valence-electron chi connectivity index (χ4n) is 1.49. The van der Waals surface area contributed by atoms with Gasteiger partial charge in [0, 0.05) is 18.6 Å². The van der Waals surface area contributed by atoms with Crippen LogP contribution in [0.1, 0.15) is 18.9 Å². The number of hydrogen-bond donors (Lipinski definition) is 0. The van der Waals surface area contributed by atoms with Crippen molar-refractivity contribution >= 4 is 17.4 Å². The molecule has 0 fully saturated rings. The second-order valence-electron chi connectivity index (χ2n) is 3.51. The van der Waals surface area contributed by atoms with Gasteiger partial charge in [0.15, 0.2) is 5.78 Å². The maximum absolute atomic E-state index is 12.8. The Hall–Kier alpha value is -0.930. The van der Waals surface area contributed by atoms with Gasteiger partial charge in [0.1, 0.15) is 11.9 Å². The quantitative estimate of drug-likeness (QED) is 0.796. The van der Waals surface area contributed by atoms with Gasteiger partial charge in [-0.25, -0.2) is 4.39 Å². The number of rotatable bonds is 5. The zero-order chi connectivity index (χ0) is 12.1. The molecular formula is C12H14ClFO2. The van der Waals surface area contributed by atoms with Crippen molar-refractivity contribution in [2.75, 3.05) is 7.11 Å². The number of carbonyl (C=O) groups excluding carboxylic acids is 1. The highest BCUT2D eigenvalue weighted by atomic mass is 35.5. The molecule has 4 heteroatoms. The first kappa shape index (κ1) is 13.1. The van der Waals surface area contributed by atoms with Crippen LogP contribution >= 0.6 is 11.6 Å². The molecule has 1 unspecified atom stereocenters. The van der Waals surface area contributed by atoms with Gasteiger partial charge in [0.2, 0.25) is 0 Å². The van der Waals surface area contributed by atoms with Gasteiger partial charge in [-0.15, -0.1) is 0 Å². The lowest BCUT2D eigenvalue weighted by atomic mass is 10.0. The smallest absolute Gasteiger partial charge is 0.165 e. The Labute approximate surface area is 99.4 Å². The standard InChI is InChI=1S/C12H14ClFO2/c1-3-12(16-2)11(15)6-8-4-5-9(14)7-10(8)13/h4-5,7,12H,3,6H2,1-2H3. The van der Waals surface area contributed by atoms with E-state index in [1.807, 2.05) is 6.92 Å². The van der Waals surface area contributed by atoms with Crippen LogP contribution in [0.15, 0.2) is 18.2 Å². The van der Waals surface area contributed by atoms with Crippen molar-refractivity contribution in [3.05, 3.63) is 34.6 Å². The van der Waals surface area contributed by atoms with Crippen LogP contribution in [0, 0.1) is 5.82 Å². The summed E-state index contributed by atoms with van der Waals surface area (Å²) in [5.74, 6) is -0.446. The van der Waals surface area contributed by atoms with Crippen LogP contribution in [-0.4, -0.2) is 19.0 Å². The maximum atomic E-state index is 12.8. The maximum Gasteiger partial charge on any atom is 0.165 e. The van der Waals surface area contributed by atoms with E-state index in [0.29, 0.717) is 12.0 Å². The van der Waals surface area contributed by atoms with Gasteiger partial charge in [-0.3, -0.25) is 4.79 Å². The minimum Gasteiger partial charge on any atom is -0.374 e. The number of Topliss-reactive ketones (excluding diaryl/α,β-unsaturated/α-hetero) is 1. The molecule has 0 aliphatic heterocycles. The van der Waals surface area contributed by atoms with E-state index < -0.39 is 11.9 Å². The van der Waals surface area contributed by atoms with E-state index >= 15 is 0 Å². The molecule has 0 saturated carbocycles. The van der Waals surface area contributed by atoms with Crippen LogP contribution in [0.2, 0.25) is 5.02 Å². The lowest BCUT2D eigenvalue weighted by Crippen LogP contribution is -2.23. The van der Waals surface area contributed by atoms with Gasteiger partial charge in [0.05, 0.1) is 0 Å². The third-order valence-corrected chi connectivity index (χ3v) is 2.75. The molecule has 0 aliphatic rings. The Morgan fingerprint density at radius 3 is 2.75 bits per heavy atom. The molecule has 0 radical (unpaired) electrons. The Kier molecular flexibility index (Phi) is 4.90. The van der Waals surface area contributed by atoms with E-state index in [9.17, 15) is 9.18 Å². The molecule has 88 valence electrons. The first-order chi connectivity index (χ1) is 7.58. The van der Waals surface area contributed by atoms with E-state index in [0.717, 1.165) is 0 Å². The number of halogens is 2. The summed E-state index contributed by atoms with van der Waals surface area (Å²) in [6.07, 6.45) is 0.376. The van der Waals surface area contributed by atoms with Crippen LogP contribution < -0.4 is 0 Å². The fraction of sp³-hybridized carbons (Fsp3) is 0.417. The molecule has 0 amide bonds. The number of carbonyl (C=O) groups is 1. The summed E-state index contributed by atoms with van der Waals surface area (Å²) in [7, 11) is 1.50. The topological polar surface area (TPSA) is 26.3 Å². The molecule has 0 saturated heterocycles. The first-order valence-corrected chi connectivity index (χ1v) is 5.45. The summed E-state index contributed by atoms with van der Waals surface area (Å²) >= 11 is 5.83. The highest BCUT2D eigenvalue weighted by Crippen LogP contribution is 2.19. The van der Waals surface area contributed by atoms with Crippen molar-refractivity contribution < 1.29 is 13.9 Å². The van der Waals surface area contributed by atoms with Gasteiger partial charge >= 0.3 is 0 Å². The Morgan fingerprint density at radius 1 is 1.56 bits per heavy atom. The van der Waals surface area contributed by atoms with Crippen molar-refractivity contribution in [1.29, 1.82) is 0 Å². The number of ether oxygens (including phenoxy) is 1. The van der Waals surface area contributed by atoms with Crippen molar-refractivity contribution in [3.63, 3.8) is 0 Å². The predicted molar refractivity (Wildman–Crippen MR) is 61.2 cm³/mol. The lowest BCUT2D eigenvalue weighted by Gasteiger charge is -2.12. The zero-order valence-electron chi connectivity index (χ0n) is 9.30. The minimum atomic E-state index is -0.416. The highest BCUT2D eigenvalue weighted by molar-refractivity contribution is 6.31. The van der Waals surface area contributed by atoms with E-state index in [-0.39, 0.29) is 17.2 Å². The third-order valence-electron chi connectivity index (χ3n) is 2.39. The van der Waals surface area contributed by atoms with Gasteiger partial charge in [-0.2, -0.15) is 0 Å². The lowest BCUT2D eigenvalue weighted by molar-refractivity contribution is -0.128. The van der Waals surface area contributed by atoms with E-state index in [2.05, 4.69) is 0 Å². The number of ketones is 1.